The van der Waals surface area contributed by atoms with Gasteiger partial charge in [-0.3, -0.25) is 19.2 Å². The summed E-state index contributed by atoms with van der Waals surface area (Å²) in [5.41, 5.74) is 7.51. The number of nitrogens with zero attached hydrogens (tertiary/aromatic N) is 1. The summed E-state index contributed by atoms with van der Waals surface area (Å²) in [5.74, 6) is -6.17. The van der Waals surface area contributed by atoms with Crippen molar-refractivity contribution >= 4 is 41.2 Å². The minimum absolute atomic E-state index is 0.00332. The van der Waals surface area contributed by atoms with Gasteiger partial charge in [-0.15, -0.1) is 0 Å². The third-order valence-electron chi connectivity index (χ3n) is 7.18. The SMILES string of the molecule is C[C@H](NS(=O)(=O)N1C[C@H](CCCB2OC(=O)C(CC(=O)O)(CC(=O)O)O2)[C@](N)(C(=O)O)C1)C1(N)CC1. The first-order chi connectivity index (χ1) is 16.5. The Labute approximate surface area is 207 Å². The van der Waals surface area contributed by atoms with Crippen molar-refractivity contribution in [3.05, 3.63) is 0 Å². The summed E-state index contributed by atoms with van der Waals surface area (Å²) in [6.07, 6.45) is -0.166. The molecule has 2 heterocycles. The summed E-state index contributed by atoms with van der Waals surface area (Å²) < 4.78 is 39.7. The van der Waals surface area contributed by atoms with Gasteiger partial charge < -0.3 is 36.1 Å². The number of hydrogen-bond donors (Lipinski definition) is 6. The van der Waals surface area contributed by atoms with Crippen LogP contribution in [-0.2, 0) is 38.7 Å². The van der Waals surface area contributed by atoms with Crippen LogP contribution in [0.5, 0.6) is 0 Å². The summed E-state index contributed by atoms with van der Waals surface area (Å²) in [5, 5.41) is 27.9. The normalized spacial score (nSPS) is 28.0. The molecule has 8 N–H and O–H groups in total. The molecular weight excluding hydrogens is 503 g/mol. The lowest BCUT2D eigenvalue weighted by Crippen LogP contribution is -2.56. The first-order valence-corrected chi connectivity index (χ1v) is 12.9. The predicted molar refractivity (Wildman–Crippen MR) is 121 cm³/mol. The van der Waals surface area contributed by atoms with E-state index in [-0.39, 0.29) is 25.7 Å². The van der Waals surface area contributed by atoms with Crippen molar-refractivity contribution in [3.8, 4) is 0 Å². The van der Waals surface area contributed by atoms with E-state index >= 15 is 0 Å². The van der Waals surface area contributed by atoms with Crippen LogP contribution in [0.15, 0.2) is 0 Å². The van der Waals surface area contributed by atoms with Crippen molar-refractivity contribution in [2.75, 3.05) is 13.1 Å². The second-order valence-corrected chi connectivity index (χ2v) is 11.6. The van der Waals surface area contributed by atoms with E-state index in [1.54, 1.807) is 6.92 Å². The van der Waals surface area contributed by atoms with Crippen molar-refractivity contribution in [3.63, 3.8) is 0 Å². The molecule has 0 aromatic carbocycles. The highest BCUT2D eigenvalue weighted by molar-refractivity contribution is 7.87. The Kier molecular flexibility index (Phi) is 7.75. The zero-order valence-electron chi connectivity index (χ0n) is 19.7. The Morgan fingerprint density at radius 2 is 1.78 bits per heavy atom. The van der Waals surface area contributed by atoms with Crippen LogP contribution in [0.3, 0.4) is 0 Å². The van der Waals surface area contributed by atoms with E-state index < -0.39 is 89.2 Å². The molecule has 2 saturated heterocycles. The molecule has 17 heteroatoms. The molecule has 3 fully saturated rings. The van der Waals surface area contributed by atoms with E-state index in [4.69, 9.17) is 31.0 Å². The molecule has 3 atom stereocenters. The van der Waals surface area contributed by atoms with Crippen molar-refractivity contribution in [1.29, 1.82) is 0 Å². The second kappa shape index (κ2) is 9.87. The molecule has 2 aliphatic heterocycles. The highest BCUT2D eigenvalue weighted by Crippen LogP contribution is 2.37. The minimum Gasteiger partial charge on any atom is -0.507 e. The van der Waals surface area contributed by atoms with E-state index in [0.717, 1.165) is 4.31 Å². The molecule has 202 valence electrons. The van der Waals surface area contributed by atoms with Crippen molar-refractivity contribution in [2.45, 2.75) is 74.5 Å². The molecular formula is C19H31BN4O11S. The predicted octanol–water partition coefficient (Wildman–Crippen LogP) is -2.06. The Hall–Kier alpha value is -2.31. The highest BCUT2D eigenvalue weighted by atomic mass is 32.2. The Bertz CT molecular complexity index is 1020. The Morgan fingerprint density at radius 3 is 2.28 bits per heavy atom. The molecule has 15 nitrogen and oxygen atoms in total. The van der Waals surface area contributed by atoms with E-state index in [9.17, 15) is 32.7 Å². The van der Waals surface area contributed by atoms with Crippen LogP contribution >= 0.6 is 0 Å². The van der Waals surface area contributed by atoms with Crippen molar-refractivity contribution in [2.24, 2.45) is 17.4 Å². The van der Waals surface area contributed by atoms with E-state index in [2.05, 4.69) is 4.72 Å². The quantitative estimate of drug-likeness (QED) is 0.139. The van der Waals surface area contributed by atoms with Crippen molar-refractivity contribution < 1.29 is 52.2 Å². The fourth-order valence-corrected chi connectivity index (χ4v) is 6.23. The maximum Gasteiger partial charge on any atom is 0.528 e. The molecule has 1 aliphatic carbocycles. The molecule has 0 unspecified atom stereocenters. The average molecular weight is 534 g/mol. The molecule has 3 aliphatic rings. The van der Waals surface area contributed by atoms with Gasteiger partial charge in [-0.25, -0.2) is 0 Å². The Balaban J connectivity index is 1.62. The third kappa shape index (κ3) is 5.81. The van der Waals surface area contributed by atoms with E-state index in [1.807, 2.05) is 0 Å². The first-order valence-electron chi connectivity index (χ1n) is 11.4. The zero-order chi connectivity index (χ0) is 27.1. The number of carbonyl (C=O) groups excluding carboxylic acids is 1. The molecule has 0 aromatic heterocycles. The van der Waals surface area contributed by atoms with Crippen LogP contribution in [0.1, 0.15) is 45.4 Å². The lowest BCUT2D eigenvalue weighted by atomic mass is 9.78. The first kappa shape index (κ1) is 28.3. The zero-order valence-corrected chi connectivity index (χ0v) is 20.5. The number of nitrogens with two attached hydrogens (primary N) is 2. The van der Waals surface area contributed by atoms with E-state index in [0.29, 0.717) is 12.8 Å². The smallest absolute Gasteiger partial charge is 0.507 e. The minimum atomic E-state index is -4.07. The summed E-state index contributed by atoms with van der Waals surface area (Å²) in [4.78, 5) is 46.5. The van der Waals surface area contributed by atoms with Crippen LogP contribution in [0.2, 0.25) is 6.32 Å². The fourth-order valence-electron chi connectivity index (χ4n) is 4.64. The maximum absolute atomic E-state index is 12.9. The molecule has 0 spiro atoms. The van der Waals surface area contributed by atoms with Gasteiger partial charge in [0.2, 0.25) is 0 Å². The largest absolute Gasteiger partial charge is 0.528 e. The van der Waals surface area contributed by atoms with Crippen LogP contribution in [-0.4, -0.2) is 94.8 Å². The van der Waals surface area contributed by atoms with Crippen LogP contribution in [0.25, 0.3) is 0 Å². The standard InChI is InChI=1S/C19H31BN4O11S/c1-11(17(21)4-5-17)23-36(32,33)24-9-12(19(22,10-24)15(29)30)3-2-6-20-34-16(31)18(35-20,7-13(25)26)8-14(27)28/h11-12,23H,2-10,21-22H2,1H3,(H,25,26)(H,27,28)(H,29,30)/t11-,12-,19-/m0/s1. The van der Waals surface area contributed by atoms with Gasteiger partial charge in [-0.2, -0.15) is 17.4 Å². The van der Waals surface area contributed by atoms with Gasteiger partial charge in [-0.1, -0.05) is 6.42 Å². The number of nitrogens with one attached hydrogen (secondary N) is 1. The highest BCUT2D eigenvalue weighted by Gasteiger charge is 2.56. The van der Waals surface area contributed by atoms with Gasteiger partial charge in [-0.05, 0) is 32.5 Å². The maximum atomic E-state index is 12.9. The molecule has 3 rings (SSSR count). The molecule has 0 aromatic rings. The number of rotatable bonds is 13. The van der Waals surface area contributed by atoms with Gasteiger partial charge in [0.25, 0.3) is 10.2 Å². The molecule has 1 saturated carbocycles. The van der Waals surface area contributed by atoms with Gasteiger partial charge >= 0.3 is 31.0 Å². The molecule has 0 bridgehead atoms. The van der Waals surface area contributed by atoms with Gasteiger partial charge in [0.05, 0.1) is 12.8 Å². The lowest BCUT2D eigenvalue weighted by molar-refractivity contribution is -0.157. The number of aliphatic carboxylic acids is 3. The number of carboxylic acid groups (broad SMARTS) is 3. The van der Waals surface area contributed by atoms with Crippen LogP contribution in [0.4, 0.5) is 0 Å². The van der Waals surface area contributed by atoms with Gasteiger partial charge in [0.15, 0.2) is 5.60 Å². The van der Waals surface area contributed by atoms with Crippen molar-refractivity contribution in [1.82, 2.24) is 9.03 Å². The summed E-state index contributed by atoms with van der Waals surface area (Å²) in [6.45, 7) is 1.01. The van der Waals surface area contributed by atoms with Crippen LogP contribution in [0, 0.1) is 5.92 Å². The van der Waals surface area contributed by atoms with Gasteiger partial charge in [0.1, 0.15) is 5.54 Å². The summed E-state index contributed by atoms with van der Waals surface area (Å²) in [7, 11) is -5.31. The Morgan fingerprint density at radius 1 is 1.19 bits per heavy atom. The topological polar surface area (TPSA) is 249 Å². The fraction of sp³-hybridized carbons (Fsp3) is 0.789. The lowest BCUT2D eigenvalue weighted by Gasteiger charge is -2.26. The summed E-state index contributed by atoms with van der Waals surface area (Å²) in [6, 6.07) is -0.551. The van der Waals surface area contributed by atoms with E-state index in [1.165, 1.54) is 0 Å². The number of hydrogen-bond acceptors (Lipinski definition) is 10. The molecule has 0 radical (unpaired) electrons. The molecule has 36 heavy (non-hydrogen) atoms. The number of carboxylic acids is 3. The van der Waals surface area contributed by atoms with Crippen LogP contribution < -0.4 is 16.2 Å². The summed E-state index contributed by atoms with van der Waals surface area (Å²) >= 11 is 0. The third-order valence-corrected chi connectivity index (χ3v) is 8.79. The average Bonchev–Trinajstić information content (AvgIpc) is 3.29. The molecule has 0 amide bonds. The monoisotopic (exact) mass is 534 g/mol. The number of carbonyl (C=O) groups is 4. The van der Waals surface area contributed by atoms with Gasteiger partial charge in [0, 0.05) is 30.6 Å². The second-order valence-electron chi connectivity index (χ2n) is 9.93.